The number of aryl methyl sites for hydroxylation is 1. The fourth-order valence-electron chi connectivity index (χ4n) is 3.38. The quantitative estimate of drug-likeness (QED) is 0.623. The average Bonchev–Trinajstić information content (AvgIpc) is 2.94. The topological polar surface area (TPSA) is 57.8 Å². The molecular weight excluding hydrogens is 334 g/mol. The molecule has 0 saturated heterocycles. The second-order valence-electron chi connectivity index (χ2n) is 6.92. The molecule has 0 saturated carbocycles. The summed E-state index contributed by atoms with van der Waals surface area (Å²) in [5.74, 6) is 0.190. The van der Waals surface area contributed by atoms with Crippen molar-refractivity contribution < 1.29 is 4.79 Å². The number of amides is 1. The van der Waals surface area contributed by atoms with Crippen molar-refractivity contribution in [1.29, 1.82) is 5.26 Å². The van der Waals surface area contributed by atoms with Gasteiger partial charge in [-0.3, -0.25) is 4.79 Å². The molecule has 3 aromatic rings. The van der Waals surface area contributed by atoms with Crippen molar-refractivity contribution in [2.24, 2.45) is 0 Å². The molecule has 0 unspecified atom stereocenters. The van der Waals surface area contributed by atoms with E-state index in [1.54, 1.807) is 30.3 Å². The third-order valence-corrected chi connectivity index (χ3v) is 4.83. The first-order valence-corrected chi connectivity index (χ1v) is 9.02. The number of nitrogens with zero attached hydrogens (tertiary/aromatic N) is 2. The summed E-state index contributed by atoms with van der Waals surface area (Å²) in [5.41, 5.74) is 4.73. The van der Waals surface area contributed by atoms with Crippen LogP contribution in [0.15, 0.2) is 55.1 Å². The molecule has 0 fully saturated rings. The number of rotatable bonds is 5. The first kappa shape index (κ1) is 18.5. The summed E-state index contributed by atoms with van der Waals surface area (Å²) in [6.45, 7) is 10.7. The largest absolute Gasteiger partial charge is 0.332 e. The fraction of sp³-hybridized carbons (Fsp3) is 0.217. The van der Waals surface area contributed by atoms with Gasteiger partial charge in [-0.1, -0.05) is 38.1 Å². The molecule has 1 aromatic heterocycles. The van der Waals surface area contributed by atoms with E-state index in [0.717, 1.165) is 16.5 Å². The number of hydrogen-bond acceptors (Lipinski definition) is 2. The Hall–Kier alpha value is -3.32. The minimum absolute atomic E-state index is 0.223. The molecule has 0 radical (unpaired) electrons. The maximum atomic E-state index is 13.1. The highest BCUT2D eigenvalue weighted by Crippen LogP contribution is 2.30. The SMILES string of the molecule is C=CCn1c(C(=O)Nc2ccccc2C#N)c(C)c2cc(C(C)C)ccc21. The number of benzene rings is 2. The molecule has 1 heterocycles. The minimum Gasteiger partial charge on any atom is -0.332 e. The summed E-state index contributed by atoms with van der Waals surface area (Å²) in [6.07, 6.45) is 1.79. The first-order valence-electron chi connectivity index (χ1n) is 9.02. The zero-order valence-electron chi connectivity index (χ0n) is 15.9. The van der Waals surface area contributed by atoms with Gasteiger partial charge in [0.2, 0.25) is 0 Å². The summed E-state index contributed by atoms with van der Waals surface area (Å²) < 4.78 is 1.98. The van der Waals surface area contributed by atoms with Gasteiger partial charge in [0.15, 0.2) is 0 Å². The van der Waals surface area contributed by atoms with Crippen LogP contribution < -0.4 is 5.32 Å². The standard InChI is InChI=1S/C23H23N3O/c1-5-12-26-21-11-10-17(15(2)3)13-19(21)16(4)22(26)23(27)25-20-9-7-6-8-18(20)14-24/h5-11,13,15H,1,12H2,2-4H3,(H,25,27). The molecule has 0 spiro atoms. The number of aromatic nitrogens is 1. The molecule has 1 N–H and O–H groups in total. The van der Waals surface area contributed by atoms with E-state index < -0.39 is 0 Å². The van der Waals surface area contributed by atoms with E-state index >= 15 is 0 Å². The molecule has 4 heteroatoms. The predicted octanol–water partition coefficient (Wildman–Crippen LogP) is 5.38. The molecule has 0 bridgehead atoms. The highest BCUT2D eigenvalue weighted by molar-refractivity contribution is 6.09. The van der Waals surface area contributed by atoms with E-state index in [1.165, 1.54) is 5.56 Å². The Bertz CT molecular complexity index is 1070. The summed E-state index contributed by atoms with van der Waals surface area (Å²) in [4.78, 5) is 13.1. The van der Waals surface area contributed by atoms with Crippen molar-refractivity contribution >= 4 is 22.5 Å². The maximum Gasteiger partial charge on any atom is 0.272 e. The van der Waals surface area contributed by atoms with Crippen molar-refractivity contribution in [3.63, 3.8) is 0 Å². The number of carbonyl (C=O) groups excluding carboxylic acids is 1. The van der Waals surface area contributed by atoms with Gasteiger partial charge in [-0.25, -0.2) is 0 Å². The van der Waals surface area contributed by atoms with Gasteiger partial charge < -0.3 is 9.88 Å². The fourth-order valence-corrected chi connectivity index (χ4v) is 3.38. The molecule has 0 aliphatic carbocycles. The van der Waals surface area contributed by atoms with Crippen LogP contribution in [-0.4, -0.2) is 10.5 Å². The van der Waals surface area contributed by atoms with Crippen LogP contribution in [0.4, 0.5) is 5.69 Å². The van der Waals surface area contributed by atoms with Crippen LogP contribution in [-0.2, 0) is 6.54 Å². The number of allylic oxidation sites excluding steroid dienone is 1. The van der Waals surface area contributed by atoms with Crippen molar-refractivity contribution in [2.75, 3.05) is 5.32 Å². The van der Waals surface area contributed by atoms with Gasteiger partial charge in [-0.2, -0.15) is 5.26 Å². The Kier molecular flexibility index (Phi) is 5.14. The van der Waals surface area contributed by atoms with E-state index in [2.05, 4.69) is 50.0 Å². The van der Waals surface area contributed by atoms with E-state index in [9.17, 15) is 10.1 Å². The summed E-state index contributed by atoms with van der Waals surface area (Å²) in [5, 5.41) is 13.2. The van der Waals surface area contributed by atoms with Crippen molar-refractivity contribution in [2.45, 2.75) is 33.2 Å². The van der Waals surface area contributed by atoms with E-state index in [-0.39, 0.29) is 5.91 Å². The second kappa shape index (κ2) is 7.51. The number of hydrogen-bond donors (Lipinski definition) is 1. The monoisotopic (exact) mass is 357 g/mol. The highest BCUT2D eigenvalue weighted by Gasteiger charge is 2.21. The van der Waals surface area contributed by atoms with Crippen LogP contribution >= 0.6 is 0 Å². The number of carbonyl (C=O) groups is 1. The van der Waals surface area contributed by atoms with Gasteiger partial charge in [0.1, 0.15) is 11.8 Å². The van der Waals surface area contributed by atoms with Crippen LogP contribution in [0, 0.1) is 18.3 Å². The molecule has 4 nitrogen and oxygen atoms in total. The normalized spacial score (nSPS) is 10.8. The Morgan fingerprint density at radius 1 is 1.30 bits per heavy atom. The van der Waals surface area contributed by atoms with E-state index in [4.69, 9.17) is 0 Å². The third-order valence-electron chi connectivity index (χ3n) is 4.83. The molecule has 0 aliphatic heterocycles. The van der Waals surface area contributed by atoms with Crippen LogP contribution in [0.5, 0.6) is 0 Å². The Balaban J connectivity index is 2.13. The lowest BCUT2D eigenvalue weighted by molar-refractivity contribution is 0.101. The molecule has 1 amide bonds. The smallest absolute Gasteiger partial charge is 0.272 e. The zero-order chi connectivity index (χ0) is 19.6. The van der Waals surface area contributed by atoms with Gasteiger partial charge in [0, 0.05) is 17.4 Å². The van der Waals surface area contributed by atoms with Crippen molar-refractivity contribution in [1.82, 2.24) is 4.57 Å². The molecule has 3 rings (SSSR count). The maximum absolute atomic E-state index is 13.1. The molecule has 2 aromatic carbocycles. The van der Waals surface area contributed by atoms with Crippen LogP contribution in [0.25, 0.3) is 10.9 Å². The zero-order valence-corrected chi connectivity index (χ0v) is 15.9. The average molecular weight is 357 g/mol. The van der Waals surface area contributed by atoms with Crippen LogP contribution in [0.2, 0.25) is 0 Å². The molecule has 0 atom stereocenters. The summed E-state index contributed by atoms with van der Waals surface area (Å²) in [6, 6.07) is 15.5. The van der Waals surface area contributed by atoms with Gasteiger partial charge in [0.05, 0.1) is 11.3 Å². The number of nitriles is 1. The summed E-state index contributed by atoms with van der Waals surface area (Å²) in [7, 11) is 0. The number of nitrogens with one attached hydrogen (secondary N) is 1. The van der Waals surface area contributed by atoms with Crippen LogP contribution in [0.1, 0.15) is 46.9 Å². The lowest BCUT2D eigenvalue weighted by Gasteiger charge is -2.11. The lowest BCUT2D eigenvalue weighted by Crippen LogP contribution is -2.18. The Morgan fingerprint density at radius 3 is 2.70 bits per heavy atom. The second-order valence-corrected chi connectivity index (χ2v) is 6.92. The summed E-state index contributed by atoms with van der Waals surface area (Å²) >= 11 is 0. The highest BCUT2D eigenvalue weighted by atomic mass is 16.2. The molecule has 0 aliphatic rings. The number of anilines is 1. The minimum atomic E-state index is -0.223. The molecule has 136 valence electrons. The molecular formula is C23H23N3O. The van der Waals surface area contributed by atoms with Crippen molar-refractivity contribution in [3.8, 4) is 6.07 Å². The van der Waals surface area contributed by atoms with Gasteiger partial charge in [-0.05, 0) is 48.2 Å². The Morgan fingerprint density at radius 2 is 2.04 bits per heavy atom. The Labute approximate surface area is 159 Å². The number of fused-ring (bicyclic) bond motifs is 1. The lowest BCUT2D eigenvalue weighted by atomic mass is 10.0. The van der Waals surface area contributed by atoms with E-state index in [1.807, 2.05) is 11.5 Å². The van der Waals surface area contributed by atoms with Crippen LogP contribution in [0.3, 0.4) is 0 Å². The first-order chi connectivity index (χ1) is 13.0. The van der Waals surface area contributed by atoms with Gasteiger partial charge in [-0.15, -0.1) is 6.58 Å². The number of para-hydroxylation sites is 1. The van der Waals surface area contributed by atoms with E-state index in [0.29, 0.717) is 29.4 Å². The third kappa shape index (κ3) is 3.37. The van der Waals surface area contributed by atoms with Gasteiger partial charge >= 0.3 is 0 Å². The predicted molar refractivity (Wildman–Crippen MR) is 110 cm³/mol. The van der Waals surface area contributed by atoms with Crippen molar-refractivity contribution in [3.05, 3.63) is 77.5 Å². The molecule has 27 heavy (non-hydrogen) atoms. The van der Waals surface area contributed by atoms with Gasteiger partial charge in [0.25, 0.3) is 5.91 Å².